The van der Waals surface area contributed by atoms with Crippen LogP contribution in [0.4, 0.5) is 11.5 Å². The van der Waals surface area contributed by atoms with Crippen LogP contribution in [0, 0.1) is 19.8 Å². The summed E-state index contributed by atoms with van der Waals surface area (Å²) >= 11 is 0. The number of carbonyl (C=O) groups is 2. The molecule has 0 radical (unpaired) electrons. The third-order valence-corrected chi connectivity index (χ3v) is 12.3. The predicted molar refractivity (Wildman–Crippen MR) is 238 cm³/mol. The number of piperidine rings is 1. The van der Waals surface area contributed by atoms with E-state index in [4.69, 9.17) is 28.8 Å². The zero-order valence-corrected chi connectivity index (χ0v) is 35.2. The van der Waals surface area contributed by atoms with E-state index in [1.165, 1.54) is 7.11 Å². The van der Waals surface area contributed by atoms with E-state index >= 15 is 0 Å². The first kappa shape index (κ1) is 40.7. The van der Waals surface area contributed by atoms with Crippen LogP contribution in [0.25, 0.3) is 44.6 Å². The molecule has 0 amide bonds. The molecule has 2 aliphatic rings. The highest BCUT2D eigenvalue weighted by Gasteiger charge is 2.27. The van der Waals surface area contributed by atoms with Crippen molar-refractivity contribution in [2.75, 3.05) is 45.2 Å². The number of nitrogens with zero attached hydrogens (tertiary/aromatic N) is 6. The second-order valence-electron chi connectivity index (χ2n) is 16.3. The lowest BCUT2D eigenvalue weighted by molar-refractivity contribution is -0.147. The van der Waals surface area contributed by atoms with Gasteiger partial charge in [0.05, 0.1) is 18.6 Å². The number of hydrogen-bond donors (Lipinski definition) is 1. The van der Waals surface area contributed by atoms with Gasteiger partial charge in [-0.3, -0.25) is 19.5 Å². The van der Waals surface area contributed by atoms with Gasteiger partial charge in [0, 0.05) is 68.0 Å². The molecule has 316 valence electrons. The van der Waals surface area contributed by atoms with Gasteiger partial charge in [-0.15, -0.1) is 0 Å². The van der Waals surface area contributed by atoms with Gasteiger partial charge in [0.25, 0.3) is 5.56 Å². The molecule has 7 aromatic rings. The highest BCUT2D eigenvalue weighted by Crippen LogP contribution is 2.37. The van der Waals surface area contributed by atoms with E-state index in [0.717, 1.165) is 88.9 Å². The Morgan fingerprint density at radius 1 is 0.823 bits per heavy atom. The van der Waals surface area contributed by atoms with Crippen LogP contribution in [0.3, 0.4) is 0 Å². The first-order valence-corrected chi connectivity index (χ1v) is 21.2. The number of benzene rings is 3. The fraction of sp³-hybridized carbons (Fsp3) is 0.306. The molecule has 0 unspecified atom stereocenters. The number of carbonyl (C=O) groups excluding carboxylic acids is 2. The summed E-state index contributed by atoms with van der Waals surface area (Å²) in [6.45, 7) is 9.15. The number of methoxy groups -OCH3 is 1. The van der Waals surface area contributed by atoms with Crippen LogP contribution < -0.4 is 10.9 Å². The molecule has 0 spiro atoms. The topological polar surface area (TPSA) is 145 Å². The molecular weight excluding hydrogens is 783 g/mol. The largest absolute Gasteiger partial charge is 0.469 e. The molecule has 0 aliphatic carbocycles. The number of ether oxygens (including phenoxy) is 2. The van der Waals surface area contributed by atoms with Crippen LogP contribution in [-0.2, 0) is 27.4 Å². The highest BCUT2D eigenvalue weighted by atomic mass is 16.5. The molecule has 1 N–H and O–H groups in total. The molecule has 1 atom stereocenters. The zero-order chi connectivity index (χ0) is 42.7. The molecule has 2 fully saturated rings. The Morgan fingerprint density at radius 2 is 1.58 bits per heavy atom. The van der Waals surface area contributed by atoms with E-state index in [9.17, 15) is 14.4 Å². The van der Waals surface area contributed by atoms with Crippen molar-refractivity contribution in [2.24, 2.45) is 5.92 Å². The minimum atomic E-state index is -0.283. The van der Waals surface area contributed by atoms with Gasteiger partial charge in [-0.2, -0.15) is 0 Å². The lowest BCUT2D eigenvalue weighted by Crippen LogP contribution is -2.39. The first-order valence-electron chi connectivity index (χ1n) is 21.2. The normalized spacial score (nSPS) is 16.2. The Hall–Kier alpha value is -6.70. The lowest BCUT2D eigenvalue weighted by Gasteiger charge is -2.30. The number of nitrogens with one attached hydrogen (secondary N) is 1. The predicted octanol–water partition coefficient (Wildman–Crippen LogP) is 7.94. The van der Waals surface area contributed by atoms with Gasteiger partial charge in [0.1, 0.15) is 11.6 Å². The van der Waals surface area contributed by atoms with Gasteiger partial charge in [-0.25, -0.2) is 14.8 Å². The molecule has 3 aromatic carbocycles. The summed E-state index contributed by atoms with van der Waals surface area (Å²) in [7, 11) is 1.44. The first-order chi connectivity index (χ1) is 30.2. The van der Waals surface area contributed by atoms with E-state index in [2.05, 4.69) is 40.2 Å². The molecule has 0 bridgehead atoms. The van der Waals surface area contributed by atoms with Crippen molar-refractivity contribution in [1.82, 2.24) is 29.3 Å². The van der Waals surface area contributed by atoms with Crippen LogP contribution in [0.5, 0.6) is 0 Å². The van der Waals surface area contributed by atoms with E-state index in [-0.39, 0.29) is 29.5 Å². The smallest absolute Gasteiger partial charge is 0.338 e. The monoisotopic (exact) mass is 831 g/mol. The second kappa shape index (κ2) is 17.7. The van der Waals surface area contributed by atoms with Crippen LogP contribution in [0.1, 0.15) is 46.3 Å². The number of pyridine rings is 3. The van der Waals surface area contributed by atoms with Crippen molar-refractivity contribution >= 4 is 45.4 Å². The van der Waals surface area contributed by atoms with Gasteiger partial charge in [0.15, 0.2) is 16.9 Å². The third-order valence-electron chi connectivity index (χ3n) is 12.3. The van der Waals surface area contributed by atoms with Crippen LogP contribution >= 0.6 is 0 Å². The number of aromatic nitrogens is 4. The summed E-state index contributed by atoms with van der Waals surface area (Å²) in [6.07, 6.45) is 7.63. The maximum absolute atomic E-state index is 13.6. The summed E-state index contributed by atoms with van der Waals surface area (Å²) in [6, 6.07) is 27.3. The number of hydrogen-bond acceptors (Lipinski definition) is 12. The number of likely N-dealkylation sites (tertiary alicyclic amines) is 2. The number of anilines is 2. The average molecular weight is 832 g/mol. The second-order valence-corrected chi connectivity index (χ2v) is 16.3. The molecule has 6 heterocycles. The fourth-order valence-electron chi connectivity index (χ4n) is 8.78. The number of fused-ring (bicyclic) bond motifs is 2. The summed E-state index contributed by atoms with van der Waals surface area (Å²) < 4.78 is 18.6. The Balaban J connectivity index is 0.883. The number of rotatable bonds is 12. The highest BCUT2D eigenvalue weighted by molar-refractivity contribution is 5.91. The molecular formula is C49H49N7O6. The number of oxazole rings is 1. The summed E-state index contributed by atoms with van der Waals surface area (Å²) in [5, 5.41) is 4.55. The van der Waals surface area contributed by atoms with E-state index in [1.54, 1.807) is 29.1 Å². The van der Waals surface area contributed by atoms with Crippen LogP contribution in [-0.4, -0.2) is 87.2 Å². The summed E-state index contributed by atoms with van der Waals surface area (Å²) in [4.78, 5) is 57.0. The third kappa shape index (κ3) is 8.46. The molecule has 2 aliphatic heterocycles. The summed E-state index contributed by atoms with van der Waals surface area (Å²) in [5.74, 6) is 0.573. The van der Waals surface area contributed by atoms with Crippen molar-refractivity contribution in [3.05, 3.63) is 136 Å². The summed E-state index contributed by atoms with van der Waals surface area (Å²) in [5.41, 5.74) is 8.76. The Morgan fingerprint density at radius 3 is 2.39 bits per heavy atom. The van der Waals surface area contributed by atoms with Gasteiger partial charge in [0.2, 0.25) is 5.89 Å². The van der Waals surface area contributed by atoms with E-state index < -0.39 is 0 Å². The molecule has 62 heavy (non-hydrogen) atoms. The maximum atomic E-state index is 13.6. The van der Waals surface area contributed by atoms with Crippen molar-refractivity contribution in [3.8, 4) is 22.6 Å². The van der Waals surface area contributed by atoms with Gasteiger partial charge in [-0.1, -0.05) is 42.5 Å². The lowest BCUT2D eigenvalue weighted by atomic mass is 9.93. The number of esters is 2. The molecule has 13 heteroatoms. The maximum Gasteiger partial charge on any atom is 0.338 e. The standard InChI is InChI=1S/C49H49N7O6/c1-31-38(11-7-13-40(31)46-53-44-42(62-46)19-24-56(47(44)57)26-25-54-21-16-35(17-22-54)48(58)60-3)39-12-8-14-41(32(39)2)52-45-43-36(15-20-50-45)27-33(28-51-43)29-55-23-18-37(30-55)61-49(59)34-9-5-4-6-10-34/h4-15,19-20,24,27-28,35,37H,16-18,21-23,25-26,29-30H2,1-3H3,(H,50,52)/t37-/m1/s1. The Bertz CT molecular complexity index is 2830. The minimum absolute atomic E-state index is 0.0560. The molecule has 9 rings (SSSR count). The quantitative estimate of drug-likeness (QED) is 0.119. The molecule has 2 saturated heterocycles. The van der Waals surface area contributed by atoms with Crippen molar-refractivity contribution in [1.29, 1.82) is 0 Å². The van der Waals surface area contributed by atoms with Gasteiger partial charge >= 0.3 is 11.9 Å². The van der Waals surface area contributed by atoms with Crippen molar-refractivity contribution < 1.29 is 23.5 Å². The fourth-order valence-corrected chi connectivity index (χ4v) is 8.78. The molecule has 4 aromatic heterocycles. The van der Waals surface area contributed by atoms with Crippen molar-refractivity contribution in [2.45, 2.75) is 52.3 Å². The zero-order valence-electron chi connectivity index (χ0n) is 35.2. The van der Waals surface area contributed by atoms with Crippen molar-refractivity contribution in [3.63, 3.8) is 0 Å². The van der Waals surface area contributed by atoms with E-state index in [0.29, 0.717) is 54.6 Å². The Labute approximate surface area is 359 Å². The van der Waals surface area contributed by atoms with E-state index in [1.807, 2.05) is 67.7 Å². The van der Waals surface area contributed by atoms with Gasteiger partial charge in [-0.05, 0) is 116 Å². The minimum Gasteiger partial charge on any atom is -0.469 e. The molecule has 13 nitrogen and oxygen atoms in total. The Kier molecular flexibility index (Phi) is 11.6. The SMILES string of the molecule is COC(=O)C1CCN(CCn2ccc3oc(-c4cccc(-c5cccc(Nc6nccc7cc(CN8CC[C@@H](OC(=O)c9ccccc9)C8)cnc67)c5C)c4C)nc3c2=O)CC1. The van der Waals surface area contributed by atoms with Gasteiger partial charge < -0.3 is 28.7 Å². The molecule has 0 saturated carbocycles. The van der Waals surface area contributed by atoms with Crippen LogP contribution in [0.15, 0.2) is 113 Å². The van der Waals surface area contributed by atoms with Crippen LogP contribution in [0.2, 0.25) is 0 Å². The average Bonchev–Trinajstić information content (AvgIpc) is 3.94.